The average Bonchev–Trinajstić information content (AvgIpc) is 2.73. The van der Waals surface area contributed by atoms with Crippen molar-refractivity contribution in [3.63, 3.8) is 0 Å². The van der Waals surface area contributed by atoms with E-state index in [-0.39, 0.29) is 0 Å². The Morgan fingerprint density at radius 3 is 2.35 bits per heavy atom. The van der Waals surface area contributed by atoms with E-state index in [1.807, 2.05) is 6.20 Å². The third kappa shape index (κ3) is 3.13. The van der Waals surface area contributed by atoms with Gasteiger partial charge in [-0.25, -0.2) is 0 Å². The van der Waals surface area contributed by atoms with Gasteiger partial charge in [-0.05, 0) is 46.5 Å². The summed E-state index contributed by atoms with van der Waals surface area (Å²) in [7, 11) is 0. The Morgan fingerprint density at radius 2 is 1.54 bits per heavy atom. The van der Waals surface area contributed by atoms with Crippen molar-refractivity contribution in [1.29, 1.82) is 0 Å². The molecule has 1 unspecified atom stereocenters. The Hall–Kier alpha value is -2.93. The van der Waals surface area contributed by atoms with Gasteiger partial charge in [0.15, 0.2) is 0 Å². The summed E-state index contributed by atoms with van der Waals surface area (Å²) < 4.78 is 0. The predicted octanol–water partition coefficient (Wildman–Crippen LogP) is 7.08. The number of rotatable bonds is 4. The summed E-state index contributed by atoms with van der Waals surface area (Å²) in [5, 5.41) is 2.42. The Bertz CT molecular complexity index is 1030. The van der Waals surface area contributed by atoms with E-state index < -0.39 is 0 Å². The van der Waals surface area contributed by atoms with E-state index >= 15 is 0 Å². The molecule has 0 spiro atoms. The second kappa shape index (κ2) is 7.13. The molecular weight excluding hydrogens is 314 g/mol. The van der Waals surface area contributed by atoms with Crippen molar-refractivity contribution in [1.82, 2.24) is 4.98 Å². The van der Waals surface area contributed by atoms with Crippen LogP contribution in [-0.2, 0) is 0 Å². The highest BCUT2D eigenvalue weighted by molar-refractivity contribution is 5.95. The van der Waals surface area contributed by atoms with Crippen LogP contribution in [0.1, 0.15) is 31.7 Å². The fraction of sp³-hybridized carbons (Fsp3) is 0.160. The predicted molar refractivity (Wildman–Crippen MR) is 111 cm³/mol. The van der Waals surface area contributed by atoms with E-state index in [1.165, 1.54) is 33.9 Å². The lowest BCUT2D eigenvalue weighted by Gasteiger charge is -2.11. The number of aromatic nitrogens is 1. The zero-order chi connectivity index (χ0) is 17.9. The quantitative estimate of drug-likeness (QED) is 0.387. The number of hydrogen-bond acceptors (Lipinski definition) is 1. The highest BCUT2D eigenvalue weighted by Crippen LogP contribution is 2.30. The first-order valence-electron chi connectivity index (χ1n) is 9.31. The van der Waals surface area contributed by atoms with Crippen LogP contribution in [0.5, 0.6) is 0 Å². The van der Waals surface area contributed by atoms with Crippen molar-refractivity contribution in [3.8, 4) is 22.4 Å². The Kier molecular flexibility index (Phi) is 4.53. The van der Waals surface area contributed by atoms with Crippen molar-refractivity contribution in [2.75, 3.05) is 0 Å². The fourth-order valence-corrected chi connectivity index (χ4v) is 3.44. The largest absolute Gasteiger partial charge is 0.256 e. The first kappa shape index (κ1) is 16.5. The van der Waals surface area contributed by atoms with Gasteiger partial charge in [0.05, 0.1) is 5.69 Å². The van der Waals surface area contributed by atoms with Gasteiger partial charge in [-0.3, -0.25) is 4.98 Å². The van der Waals surface area contributed by atoms with Gasteiger partial charge in [0.1, 0.15) is 0 Å². The summed E-state index contributed by atoms with van der Waals surface area (Å²) in [5.41, 5.74) is 6.08. The maximum Gasteiger partial charge on any atom is 0.0780 e. The van der Waals surface area contributed by atoms with Crippen LogP contribution >= 0.6 is 0 Å². The van der Waals surface area contributed by atoms with Crippen LogP contribution in [0.25, 0.3) is 33.2 Å². The zero-order valence-electron chi connectivity index (χ0n) is 15.3. The lowest BCUT2D eigenvalue weighted by Crippen LogP contribution is -1.91. The molecule has 0 saturated carbocycles. The van der Waals surface area contributed by atoms with Crippen molar-refractivity contribution in [3.05, 3.63) is 90.6 Å². The third-order valence-corrected chi connectivity index (χ3v) is 5.24. The maximum absolute atomic E-state index is 4.66. The molecule has 0 aliphatic heterocycles. The van der Waals surface area contributed by atoms with Crippen LogP contribution < -0.4 is 0 Å². The molecule has 0 aliphatic rings. The SMILES string of the molecule is CCC(C)c1ccc(-c2cccc(-c3nccc4ccccc34)c2)cc1. The number of fused-ring (bicyclic) bond motifs is 1. The Labute approximate surface area is 155 Å². The molecule has 128 valence electrons. The minimum Gasteiger partial charge on any atom is -0.256 e. The molecule has 26 heavy (non-hydrogen) atoms. The van der Waals surface area contributed by atoms with E-state index in [4.69, 9.17) is 0 Å². The lowest BCUT2D eigenvalue weighted by atomic mass is 9.95. The van der Waals surface area contributed by atoms with Crippen LogP contribution in [0, 0.1) is 0 Å². The Morgan fingerprint density at radius 1 is 0.769 bits per heavy atom. The van der Waals surface area contributed by atoms with Gasteiger partial charge in [-0.1, -0.05) is 80.6 Å². The van der Waals surface area contributed by atoms with Crippen molar-refractivity contribution in [2.24, 2.45) is 0 Å². The highest BCUT2D eigenvalue weighted by Gasteiger charge is 2.08. The van der Waals surface area contributed by atoms with Crippen LogP contribution in [-0.4, -0.2) is 4.98 Å². The first-order valence-corrected chi connectivity index (χ1v) is 9.31. The number of benzene rings is 3. The zero-order valence-corrected chi connectivity index (χ0v) is 15.3. The van der Waals surface area contributed by atoms with E-state index in [0.29, 0.717) is 5.92 Å². The van der Waals surface area contributed by atoms with E-state index in [2.05, 4.69) is 97.7 Å². The van der Waals surface area contributed by atoms with Crippen LogP contribution in [0.3, 0.4) is 0 Å². The minimum atomic E-state index is 0.607. The van der Waals surface area contributed by atoms with Gasteiger partial charge in [0.25, 0.3) is 0 Å². The van der Waals surface area contributed by atoms with Gasteiger partial charge in [0, 0.05) is 17.1 Å². The standard InChI is InChI=1S/C25H23N/c1-3-18(2)19-11-13-20(14-12-19)22-8-6-9-23(17-22)25-24-10-5-4-7-21(24)15-16-26-25/h4-18H,3H2,1-2H3. The summed E-state index contributed by atoms with van der Waals surface area (Å²) in [6.45, 7) is 4.51. The van der Waals surface area contributed by atoms with Gasteiger partial charge in [0.2, 0.25) is 0 Å². The van der Waals surface area contributed by atoms with E-state index in [0.717, 1.165) is 11.3 Å². The molecule has 0 saturated heterocycles. The molecular formula is C25H23N. The molecule has 0 amide bonds. The molecule has 4 rings (SSSR count). The summed E-state index contributed by atoms with van der Waals surface area (Å²) in [6.07, 6.45) is 3.06. The molecule has 0 fully saturated rings. The summed E-state index contributed by atoms with van der Waals surface area (Å²) in [4.78, 5) is 4.66. The molecule has 1 heterocycles. The Balaban J connectivity index is 1.75. The summed E-state index contributed by atoms with van der Waals surface area (Å²) >= 11 is 0. The third-order valence-electron chi connectivity index (χ3n) is 5.24. The van der Waals surface area contributed by atoms with Gasteiger partial charge in [-0.2, -0.15) is 0 Å². The molecule has 1 nitrogen and oxygen atoms in total. The summed E-state index contributed by atoms with van der Waals surface area (Å²) in [6, 6.07) is 28.2. The highest BCUT2D eigenvalue weighted by atomic mass is 14.7. The van der Waals surface area contributed by atoms with Crippen LogP contribution in [0.2, 0.25) is 0 Å². The average molecular weight is 337 g/mol. The van der Waals surface area contributed by atoms with Gasteiger partial charge >= 0.3 is 0 Å². The molecule has 0 aliphatic carbocycles. The number of nitrogens with zero attached hydrogens (tertiary/aromatic N) is 1. The monoisotopic (exact) mass is 337 g/mol. The van der Waals surface area contributed by atoms with Gasteiger partial charge < -0.3 is 0 Å². The van der Waals surface area contributed by atoms with Crippen molar-refractivity contribution < 1.29 is 0 Å². The van der Waals surface area contributed by atoms with Gasteiger partial charge in [-0.15, -0.1) is 0 Å². The molecule has 1 aromatic heterocycles. The first-order chi connectivity index (χ1) is 12.8. The van der Waals surface area contributed by atoms with E-state index in [1.54, 1.807) is 0 Å². The van der Waals surface area contributed by atoms with Crippen molar-refractivity contribution >= 4 is 10.8 Å². The second-order valence-electron chi connectivity index (χ2n) is 6.89. The van der Waals surface area contributed by atoms with E-state index in [9.17, 15) is 0 Å². The summed E-state index contributed by atoms with van der Waals surface area (Å²) in [5.74, 6) is 0.607. The van der Waals surface area contributed by atoms with Crippen molar-refractivity contribution in [2.45, 2.75) is 26.2 Å². The molecule has 4 aromatic rings. The van der Waals surface area contributed by atoms with Crippen LogP contribution in [0.15, 0.2) is 85.1 Å². The van der Waals surface area contributed by atoms with Crippen LogP contribution in [0.4, 0.5) is 0 Å². The molecule has 0 radical (unpaired) electrons. The molecule has 3 aromatic carbocycles. The fourth-order valence-electron chi connectivity index (χ4n) is 3.44. The number of pyridine rings is 1. The smallest absolute Gasteiger partial charge is 0.0780 e. The lowest BCUT2D eigenvalue weighted by molar-refractivity contribution is 0.734. The maximum atomic E-state index is 4.66. The minimum absolute atomic E-state index is 0.607. The number of hydrogen-bond donors (Lipinski definition) is 0. The molecule has 1 atom stereocenters. The normalized spacial score (nSPS) is 12.2. The topological polar surface area (TPSA) is 12.9 Å². The molecule has 0 bridgehead atoms. The molecule has 1 heteroatoms. The second-order valence-corrected chi connectivity index (χ2v) is 6.89. The molecule has 0 N–H and O–H groups in total.